The third kappa shape index (κ3) is 3.93. The Morgan fingerprint density at radius 2 is 1.49 bits per heavy atom. The highest BCUT2D eigenvalue weighted by Crippen LogP contribution is 2.46. The Bertz CT molecular complexity index is 1250. The van der Waals surface area contributed by atoms with Crippen LogP contribution in [0.3, 0.4) is 0 Å². The van der Waals surface area contributed by atoms with Gasteiger partial charge in [0.25, 0.3) is 0 Å². The third-order valence-corrected chi connectivity index (χ3v) is 7.12. The maximum absolute atomic E-state index is 12.6. The summed E-state index contributed by atoms with van der Waals surface area (Å²) in [5.74, 6) is -1.49. The Labute approximate surface area is 202 Å². The predicted molar refractivity (Wildman–Crippen MR) is 128 cm³/mol. The summed E-state index contributed by atoms with van der Waals surface area (Å²) in [6, 6.07) is 22.3. The van der Waals surface area contributed by atoms with Gasteiger partial charge < -0.3 is 19.9 Å². The van der Waals surface area contributed by atoms with Crippen molar-refractivity contribution in [1.29, 1.82) is 0 Å². The Hall–Kier alpha value is -4.13. The van der Waals surface area contributed by atoms with Crippen molar-refractivity contribution in [3.63, 3.8) is 0 Å². The van der Waals surface area contributed by atoms with Crippen molar-refractivity contribution < 1.29 is 29.0 Å². The summed E-state index contributed by atoms with van der Waals surface area (Å²) in [5, 5.41) is 12.7. The molecule has 1 fully saturated rings. The summed E-state index contributed by atoms with van der Waals surface area (Å²) in [7, 11) is 1.29. The molecule has 7 nitrogen and oxygen atoms in total. The molecule has 0 radical (unpaired) electrons. The van der Waals surface area contributed by atoms with Gasteiger partial charge in [-0.25, -0.2) is 9.59 Å². The smallest absolute Gasteiger partial charge is 0.407 e. The second kappa shape index (κ2) is 8.91. The molecule has 35 heavy (non-hydrogen) atoms. The minimum absolute atomic E-state index is 0.0408. The molecule has 3 aromatic rings. The van der Waals surface area contributed by atoms with Crippen LogP contribution < -0.4 is 5.32 Å². The van der Waals surface area contributed by atoms with Crippen LogP contribution in [0.2, 0.25) is 0 Å². The number of esters is 1. The number of benzene rings is 3. The van der Waals surface area contributed by atoms with Gasteiger partial charge in [-0.05, 0) is 52.8 Å². The van der Waals surface area contributed by atoms with Crippen LogP contribution in [0, 0.1) is 0 Å². The zero-order valence-corrected chi connectivity index (χ0v) is 19.2. The van der Waals surface area contributed by atoms with Gasteiger partial charge in [0.1, 0.15) is 6.61 Å². The molecule has 0 unspecified atom stereocenters. The average Bonchev–Trinajstić information content (AvgIpc) is 3.18. The van der Waals surface area contributed by atoms with Crippen LogP contribution in [0.25, 0.3) is 11.1 Å². The van der Waals surface area contributed by atoms with Gasteiger partial charge in [-0.1, -0.05) is 60.7 Å². The fourth-order valence-electron chi connectivity index (χ4n) is 5.27. The van der Waals surface area contributed by atoms with E-state index in [2.05, 4.69) is 29.6 Å². The van der Waals surface area contributed by atoms with Crippen LogP contribution in [-0.2, 0) is 19.7 Å². The Kier molecular flexibility index (Phi) is 5.76. The van der Waals surface area contributed by atoms with Crippen LogP contribution in [-0.4, -0.2) is 42.9 Å². The molecule has 1 saturated carbocycles. The average molecular weight is 472 g/mol. The minimum atomic E-state index is -1.12. The number of fused-ring (bicyclic) bond motifs is 3. The van der Waals surface area contributed by atoms with E-state index in [4.69, 9.17) is 9.47 Å². The highest BCUT2D eigenvalue weighted by molar-refractivity contribution is 5.90. The number of alkyl carbamates (subject to hydrolysis) is 1. The van der Waals surface area contributed by atoms with Gasteiger partial charge in [0.15, 0.2) is 0 Å². The summed E-state index contributed by atoms with van der Waals surface area (Å²) in [4.78, 5) is 36.3. The van der Waals surface area contributed by atoms with Gasteiger partial charge >= 0.3 is 18.0 Å². The molecule has 0 spiro atoms. The number of rotatable bonds is 6. The maximum Gasteiger partial charge on any atom is 0.407 e. The van der Waals surface area contributed by atoms with E-state index >= 15 is 0 Å². The quantitative estimate of drug-likeness (QED) is 0.514. The fourth-order valence-corrected chi connectivity index (χ4v) is 5.27. The first-order valence-corrected chi connectivity index (χ1v) is 11.5. The summed E-state index contributed by atoms with van der Waals surface area (Å²) in [6.07, 6.45) is -0.0781. The lowest BCUT2D eigenvalue weighted by molar-refractivity contribution is -0.148. The maximum atomic E-state index is 12.6. The van der Waals surface area contributed by atoms with Crippen molar-refractivity contribution in [3.05, 3.63) is 95.1 Å². The third-order valence-electron chi connectivity index (χ3n) is 7.12. The number of hydrogen-bond donors (Lipinski definition) is 2. The highest BCUT2D eigenvalue weighted by atomic mass is 16.5. The number of nitrogens with one attached hydrogen (secondary N) is 1. The molecule has 178 valence electrons. The van der Waals surface area contributed by atoms with Crippen molar-refractivity contribution in [2.75, 3.05) is 13.7 Å². The molecule has 7 heteroatoms. The Balaban J connectivity index is 1.21. The normalized spacial score (nSPS) is 20.2. The first kappa shape index (κ1) is 22.7. The van der Waals surface area contributed by atoms with E-state index in [-0.39, 0.29) is 31.4 Å². The summed E-state index contributed by atoms with van der Waals surface area (Å²) >= 11 is 0. The van der Waals surface area contributed by atoms with E-state index in [1.165, 1.54) is 7.11 Å². The molecule has 5 rings (SSSR count). The van der Waals surface area contributed by atoms with Crippen molar-refractivity contribution in [3.8, 4) is 11.1 Å². The minimum Gasteiger partial charge on any atom is -0.481 e. The van der Waals surface area contributed by atoms with E-state index < -0.39 is 23.4 Å². The van der Waals surface area contributed by atoms with Crippen molar-refractivity contribution in [1.82, 2.24) is 5.32 Å². The van der Waals surface area contributed by atoms with Crippen LogP contribution in [0.15, 0.2) is 72.8 Å². The molecule has 0 saturated heterocycles. The van der Waals surface area contributed by atoms with Crippen molar-refractivity contribution in [2.45, 2.75) is 30.2 Å². The van der Waals surface area contributed by atoms with Gasteiger partial charge in [-0.3, -0.25) is 4.79 Å². The molecule has 1 amide bonds. The van der Waals surface area contributed by atoms with Gasteiger partial charge in [0, 0.05) is 12.0 Å². The lowest BCUT2D eigenvalue weighted by Gasteiger charge is -2.44. The van der Waals surface area contributed by atoms with E-state index in [9.17, 15) is 19.5 Å². The topological polar surface area (TPSA) is 102 Å². The second-order valence-corrected chi connectivity index (χ2v) is 9.03. The van der Waals surface area contributed by atoms with Crippen molar-refractivity contribution in [2.24, 2.45) is 0 Å². The van der Waals surface area contributed by atoms with Crippen LogP contribution >= 0.6 is 0 Å². The molecule has 0 aliphatic heterocycles. The number of carboxylic acid groups (broad SMARTS) is 1. The van der Waals surface area contributed by atoms with E-state index in [0.29, 0.717) is 11.1 Å². The summed E-state index contributed by atoms with van der Waals surface area (Å²) in [6.45, 7) is 0.200. The van der Waals surface area contributed by atoms with Gasteiger partial charge in [-0.15, -0.1) is 0 Å². The van der Waals surface area contributed by atoms with Gasteiger partial charge in [-0.2, -0.15) is 0 Å². The van der Waals surface area contributed by atoms with Gasteiger partial charge in [0.2, 0.25) is 0 Å². The molecular formula is C28H25NO6. The van der Waals surface area contributed by atoms with E-state index in [1.54, 1.807) is 24.3 Å². The molecule has 3 aromatic carbocycles. The van der Waals surface area contributed by atoms with E-state index in [0.717, 1.165) is 22.3 Å². The number of amides is 1. The lowest BCUT2D eigenvalue weighted by Crippen LogP contribution is -2.57. The first-order chi connectivity index (χ1) is 16.9. The fraction of sp³-hybridized carbons (Fsp3) is 0.250. The van der Waals surface area contributed by atoms with E-state index in [1.807, 2.05) is 24.3 Å². The highest BCUT2D eigenvalue weighted by Gasteiger charge is 2.52. The Morgan fingerprint density at radius 3 is 2.03 bits per heavy atom. The summed E-state index contributed by atoms with van der Waals surface area (Å²) in [5.41, 5.74) is 4.39. The zero-order chi connectivity index (χ0) is 24.6. The number of methoxy groups -OCH3 is 1. The summed E-state index contributed by atoms with van der Waals surface area (Å²) < 4.78 is 10.3. The molecule has 2 aliphatic carbocycles. The number of carbonyl (C=O) groups is 3. The first-order valence-electron chi connectivity index (χ1n) is 11.5. The molecule has 0 atom stereocenters. The number of ether oxygens (including phenoxy) is 2. The molecule has 0 aromatic heterocycles. The second-order valence-electron chi connectivity index (χ2n) is 9.03. The predicted octanol–water partition coefficient (Wildman–Crippen LogP) is 4.50. The van der Waals surface area contributed by atoms with Gasteiger partial charge in [0.05, 0.1) is 18.1 Å². The number of aliphatic carboxylic acids is 1. The lowest BCUT2D eigenvalue weighted by atomic mass is 9.61. The molecular weight excluding hydrogens is 446 g/mol. The standard InChI is InChI=1S/C28H25NO6/c1-34-25(30)17-10-12-18(13-11-17)28(26(31)32)14-19(15-28)29-27(33)35-16-24-22-8-4-2-6-20(22)21-7-3-5-9-23(21)24/h2-13,19,24H,14-16H2,1H3,(H,29,33)(H,31,32). The van der Waals surface area contributed by atoms with Crippen LogP contribution in [0.1, 0.15) is 45.8 Å². The van der Waals surface area contributed by atoms with Crippen molar-refractivity contribution >= 4 is 18.0 Å². The molecule has 0 heterocycles. The number of carbonyl (C=O) groups excluding carboxylic acids is 2. The van der Waals surface area contributed by atoms with Crippen LogP contribution in [0.5, 0.6) is 0 Å². The molecule has 2 N–H and O–H groups in total. The molecule has 2 aliphatic rings. The number of hydrogen-bond acceptors (Lipinski definition) is 5. The monoisotopic (exact) mass is 471 g/mol. The zero-order valence-electron chi connectivity index (χ0n) is 19.2. The van der Waals surface area contributed by atoms with Crippen LogP contribution in [0.4, 0.5) is 4.79 Å². The molecule has 0 bridgehead atoms. The SMILES string of the molecule is COC(=O)c1ccc(C2(C(=O)O)CC(NC(=O)OCC3c4ccccc4-c4ccccc43)C2)cc1. The Morgan fingerprint density at radius 1 is 0.914 bits per heavy atom. The number of carboxylic acids is 1. The largest absolute Gasteiger partial charge is 0.481 e.